The summed E-state index contributed by atoms with van der Waals surface area (Å²) in [7, 11) is 0. The molecule has 84 valence electrons. The molecule has 0 aromatic heterocycles. The van der Waals surface area contributed by atoms with Gasteiger partial charge in [0.15, 0.2) is 5.78 Å². The van der Waals surface area contributed by atoms with E-state index in [0.717, 1.165) is 19.1 Å². The monoisotopic (exact) mass is 224 g/mol. The van der Waals surface area contributed by atoms with Crippen LogP contribution >= 0.6 is 0 Å². The number of ketones is 1. The molecule has 0 radical (unpaired) electrons. The first kappa shape index (κ1) is 11.7. The molecule has 0 fully saturated rings. The highest BCUT2D eigenvalue weighted by Crippen LogP contribution is 2.26. The Kier molecular flexibility index (Phi) is 2.94. The van der Waals surface area contributed by atoms with Crippen molar-refractivity contribution in [3.05, 3.63) is 28.8 Å². The van der Waals surface area contributed by atoms with Gasteiger partial charge in [0.05, 0.1) is 11.1 Å². The normalized spacial score (nSPS) is 9.81. The summed E-state index contributed by atoms with van der Waals surface area (Å²) < 4.78 is 0. The van der Waals surface area contributed by atoms with Crippen molar-refractivity contribution in [2.75, 3.05) is 0 Å². The molecule has 1 aromatic carbocycles. The standard InChI is InChI=1S/C10H8O6/c1-4(11)5-2-3-6(9(13)14)7(8(5)12)10(15)16/h2-3,12H,1H3,(H,13,14)(H,15,16). The number of benzene rings is 1. The van der Waals surface area contributed by atoms with Gasteiger partial charge in [-0.15, -0.1) is 0 Å². The topological polar surface area (TPSA) is 112 Å². The van der Waals surface area contributed by atoms with Crippen LogP contribution in [0.1, 0.15) is 38.0 Å². The van der Waals surface area contributed by atoms with E-state index in [-0.39, 0.29) is 5.56 Å². The van der Waals surface area contributed by atoms with Gasteiger partial charge in [-0.25, -0.2) is 9.59 Å². The maximum Gasteiger partial charge on any atom is 0.340 e. The van der Waals surface area contributed by atoms with Gasteiger partial charge in [0, 0.05) is 0 Å². The van der Waals surface area contributed by atoms with Crippen LogP contribution in [-0.4, -0.2) is 33.0 Å². The predicted molar refractivity (Wildman–Crippen MR) is 52.0 cm³/mol. The van der Waals surface area contributed by atoms with E-state index in [2.05, 4.69) is 0 Å². The maximum atomic E-state index is 11.0. The van der Waals surface area contributed by atoms with Crippen molar-refractivity contribution in [1.29, 1.82) is 0 Å². The zero-order valence-corrected chi connectivity index (χ0v) is 8.22. The third kappa shape index (κ3) is 1.85. The fraction of sp³-hybridized carbons (Fsp3) is 0.100. The molecule has 0 heterocycles. The lowest BCUT2D eigenvalue weighted by molar-refractivity contribution is 0.0648. The average Bonchev–Trinajstić information content (AvgIpc) is 2.15. The second-order valence-corrected chi connectivity index (χ2v) is 3.05. The van der Waals surface area contributed by atoms with Crippen molar-refractivity contribution in [3.63, 3.8) is 0 Å². The van der Waals surface area contributed by atoms with Gasteiger partial charge in [0.1, 0.15) is 11.3 Å². The Morgan fingerprint density at radius 2 is 1.50 bits per heavy atom. The number of carboxylic acid groups (broad SMARTS) is 2. The van der Waals surface area contributed by atoms with Crippen molar-refractivity contribution in [3.8, 4) is 5.75 Å². The van der Waals surface area contributed by atoms with Crippen LogP contribution in [0.3, 0.4) is 0 Å². The molecule has 1 aromatic rings. The van der Waals surface area contributed by atoms with E-state index in [0.29, 0.717) is 0 Å². The van der Waals surface area contributed by atoms with Crippen LogP contribution in [0.4, 0.5) is 0 Å². The summed E-state index contributed by atoms with van der Waals surface area (Å²) in [6.45, 7) is 1.14. The maximum absolute atomic E-state index is 11.0. The van der Waals surface area contributed by atoms with Crippen molar-refractivity contribution < 1.29 is 29.7 Å². The second kappa shape index (κ2) is 4.01. The zero-order valence-electron chi connectivity index (χ0n) is 8.22. The Morgan fingerprint density at radius 1 is 1.00 bits per heavy atom. The fourth-order valence-electron chi connectivity index (χ4n) is 1.27. The van der Waals surface area contributed by atoms with E-state index in [9.17, 15) is 19.5 Å². The molecule has 0 aliphatic rings. The average molecular weight is 224 g/mol. The summed E-state index contributed by atoms with van der Waals surface area (Å²) in [6, 6.07) is 2.05. The van der Waals surface area contributed by atoms with E-state index in [1.54, 1.807) is 0 Å². The number of carboxylic acids is 2. The molecule has 0 unspecified atom stereocenters. The fourth-order valence-corrected chi connectivity index (χ4v) is 1.27. The Hall–Kier alpha value is -2.37. The second-order valence-electron chi connectivity index (χ2n) is 3.05. The number of rotatable bonds is 3. The molecule has 0 aliphatic heterocycles. The number of hydrogen-bond acceptors (Lipinski definition) is 4. The minimum atomic E-state index is -1.60. The summed E-state index contributed by atoms with van der Waals surface area (Å²) in [5.41, 5.74) is -1.56. The van der Waals surface area contributed by atoms with Crippen LogP contribution in [0.2, 0.25) is 0 Å². The number of phenols is 1. The Balaban J connectivity index is 3.60. The van der Waals surface area contributed by atoms with Crippen LogP contribution in [0.15, 0.2) is 12.1 Å². The highest BCUT2D eigenvalue weighted by atomic mass is 16.4. The van der Waals surface area contributed by atoms with Crippen molar-refractivity contribution >= 4 is 17.7 Å². The highest BCUT2D eigenvalue weighted by Gasteiger charge is 2.23. The SMILES string of the molecule is CC(=O)c1ccc(C(=O)O)c(C(=O)O)c1O. The van der Waals surface area contributed by atoms with Gasteiger partial charge in [-0.05, 0) is 19.1 Å². The minimum absolute atomic E-state index is 0.220. The molecule has 0 amide bonds. The van der Waals surface area contributed by atoms with E-state index < -0.39 is 34.6 Å². The number of Topliss-reactive ketones (excluding diaryl/α,β-unsaturated/α-hetero) is 1. The van der Waals surface area contributed by atoms with Crippen molar-refractivity contribution in [1.82, 2.24) is 0 Å². The lowest BCUT2D eigenvalue weighted by Crippen LogP contribution is -2.10. The summed E-state index contributed by atoms with van der Waals surface area (Å²) in [5.74, 6) is -4.45. The summed E-state index contributed by atoms with van der Waals surface area (Å²) in [4.78, 5) is 32.5. The van der Waals surface area contributed by atoms with Crippen LogP contribution in [0.5, 0.6) is 5.75 Å². The lowest BCUT2D eigenvalue weighted by Gasteiger charge is -2.07. The molecule has 0 spiro atoms. The third-order valence-corrected chi connectivity index (χ3v) is 2.00. The van der Waals surface area contributed by atoms with Gasteiger partial charge >= 0.3 is 11.9 Å². The minimum Gasteiger partial charge on any atom is -0.506 e. The molecule has 0 saturated carbocycles. The molecule has 6 heteroatoms. The molecule has 0 saturated heterocycles. The van der Waals surface area contributed by atoms with Crippen LogP contribution in [-0.2, 0) is 0 Å². The number of carbonyl (C=O) groups excluding carboxylic acids is 1. The van der Waals surface area contributed by atoms with Crippen LogP contribution < -0.4 is 0 Å². The van der Waals surface area contributed by atoms with Gasteiger partial charge in [-0.1, -0.05) is 0 Å². The van der Waals surface area contributed by atoms with Crippen LogP contribution in [0.25, 0.3) is 0 Å². The van der Waals surface area contributed by atoms with E-state index in [1.807, 2.05) is 0 Å². The number of carbonyl (C=O) groups is 3. The number of hydrogen-bond donors (Lipinski definition) is 3. The van der Waals surface area contributed by atoms with Gasteiger partial charge in [0.25, 0.3) is 0 Å². The van der Waals surface area contributed by atoms with E-state index in [4.69, 9.17) is 10.2 Å². The zero-order chi connectivity index (χ0) is 12.5. The number of aromatic carboxylic acids is 2. The largest absolute Gasteiger partial charge is 0.506 e. The Bertz CT molecular complexity index is 488. The predicted octanol–water partition coefficient (Wildman–Crippen LogP) is 0.991. The summed E-state index contributed by atoms with van der Waals surface area (Å²) >= 11 is 0. The highest BCUT2D eigenvalue weighted by molar-refractivity contribution is 6.08. The van der Waals surface area contributed by atoms with Gasteiger partial charge < -0.3 is 15.3 Å². The Labute approximate surface area is 89.8 Å². The van der Waals surface area contributed by atoms with Crippen molar-refractivity contribution in [2.24, 2.45) is 0 Å². The summed E-state index contributed by atoms with van der Waals surface area (Å²) in [5, 5.41) is 27.0. The quantitative estimate of drug-likeness (QED) is 0.660. The first-order valence-corrected chi connectivity index (χ1v) is 4.19. The van der Waals surface area contributed by atoms with E-state index in [1.165, 1.54) is 0 Å². The molecular weight excluding hydrogens is 216 g/mol. The van der Waals surface area contributed by atoms with Gasteiger partial charge in [0.2, 0.25) is 0 Å². The Morgan fingerprint density at radius 3 is 1.88 bits per heavy atom. The van der Waals surface area contributed by atoms with Gasteiger partial charge in [-0.3, -0.25) is 4.79 Å². The van der Waals surface area contributed by atoms with E-state index >= 15 is 0 Å². The lowest BCUT2D eigenvalue weighted by atomic mass is 10.0. The molecule has 3 N–H and O–H groups in total. The molecule has 0 atom stereocenters. The molecular formula is C10H8O6. The first-order chi connectivity index (χ1) is 7.36. The number of aromatic hydroxyl groups is 1. The molecule has 16 heavy (non-hydrogen) atoms. The smallest absolute Gasteiger partial charge is 0.340 e. The van der Waals surface area contributed by atoms with Crippen molar-refractivity contribution in [2.45, 2.75) is 6.92 Å². The van der Waals surface area contributed by atoms with Crippen LogP contribution in [0, 0.1) is 0 Å². The summed E-state index contributed by atoms with van der Waals surface area (Å²) in [6.07, 6.45) is 0. The third-order valence-electron chi connectivity index (χ3n) is 2.00. The molecule has 0 aliphatic carbocycles. The molecule has 1 rings (SSSR count). The first-order valence-electron chi connectivity index (χ1n) is 4.19. The van der Waals surface area contributed by atoms with Gasteiger partial charge in [-0.2, -0.15) is 0 Å². The molecule has 6 nitrogen and oxygen atoms in total. The molecule has 0 bridgehead atoms.